The number of aromatic carboxylic acids is 1. The Kier molecular flexibility index (Phi) is 4.08. The number of ether oxygens (including phenoxy) is 1. The highest BCUT2D eigenvalue weighted by atomic mass is 19.4. The number of hydrogen-bond acceptors (Lipinski definition) is 2. The van der Waals surface area contributed by atoms with Crippen LogP contribution in [0.15, 0.2) is 18.2 Å². The zero-order valence-corrected chi connectivity index (χ0v) is 14.6. The fourth-order valence-corrected chi connectivity index (χ4v) is 4.65. The first kappa shape index (κ1) is 18.1. The normalized spacial score (nSPS) is 29.0. The molecule has 3 rings (SSSR count). The van der Waals surface area contributed by atoms with E-state index < -0.39 is 23.3 Å². The van der Waals surface area contributed by atoms with Crippen LogP contribution < -0.4 is 4.74 Å². The molecule has 2 bridgehead atoms. The summed E-state index contributed by atoms with van der Waals surface area (Å²) in [5.74, 6) is -0.959. The lowest BCUT2D eigenvalue weighted by atomic mass is 9.67. The molecule has 2 aliphatic rings. The van der Waals surface area contributed by atoms with Crippen molar-refractivity contribution in [3.8, 4) is 5.75 Å². The van der Waals surface area contributed by atoms with Gasteiger partial charge in [-0.15, -0.1) is 0 Å². The van der Waals surface area contributed by atoms with Gasteiger partial charge in [0, 0.05) is 5.41 Å². The molecule has 0 amide bonds. The number of carboxylic acids is 1. The summed E-state index contributed by atoms with van der Waals surface area (Å²) >= 11 is 0. The van der Waals surface area contributed by atoms with Crippen molar-refractivity contribution in [2.45, 2.75) is 58.2 Å². The van der Waals surface area contributed by atoms with Crippen LogP contribution in [0.25, 0.3) is 0 Å². The van der Waals surface area contributed by atoms with E-state index in [1.54, 1.807) is 0 Å². The first-order valence-corrected chi connectivity index (χ1v) is 8.57. The molecule has 1 aromatic rings. The van der Waals surface area contributed by atoms with Crippen molar-refractivity contribution in [1.82, 2.24) is 0 Å². The smallest absolute Gasteiger partial charge is 0.419 e. The maximum Gasteiger partial charge on any atom is 0.419 e. The average Bonchev–Trinajstić information content (AvgIpc) is 3.06. The molecule has 3 nitrogen and oxygen atoms in total. The van der Waals surface area contributed by atoms with Gasteiger partial charge in [0.25, 0.3) is 0 Å². The van der Waals surface area contributed by atoms with E-state index in [1.807, 2.05) is 20.8 Å². The molecule has 0 aliphatic heterocycles. The van der Waals surface area contributed by atoms with Crippen LogP contribution in [0.5, 0.6) is 5.75 Å². The molecular weight excluding hydrogens is 333 g/mol. The summed E-state index contributed by atoms with van der Waals surface area (Å²) in [5, 5.41) is 9.16. The van der Waals surface area contributed by atoms with Crippen LogP contribution in [-0.4, -0.2) is 16.7 Å². The van der Waals surface area contributed by atoms with Gasteiger partial charge in [-0.25, -0.2) is 4.79 Å². The molecule has 1 N–H and O–H groups in total. The van der Waals surface area contributed by atoms with E-state index in [1.165, 1.54) is 0 Å². The Bertz CT molecular complexity index is 690. The van der Waals surface area contributed by atoms with Gasteiger partial charge in [0.05, 0.1) is 11.1 Å². The van der Waals surface area contributed by atoms with Gasteiger partial charge in [0.1, 0.15) is 11.4 Å². The van der Waals surface area contributed by atoms with E-state index in [9.17, 15) is 18.0 Å². The summed E-state index contributed by atoms with van der Waals surface area (Å²) in [7, 11) is 0. The molecule has 2 fully saturated rings. The van der Waals surface area contributed by atoms with Crippen LogP contribution in [0.3, 0.4) is 0 Å². The molecule has 3 unspecified atom stereocenters. The Labute approximate surface area is 145 Å². The molecule has 6 heteroatoms. The van der Waals surface area contributed by atoms with Crippen molar-refractivity contribution >= 4 is 5.97 Å². The number of alkyl halides is 3. The molecule has 0 heterocycles. The van der Waals surface area contributed by atoms with Crippen LogP contribution in [0.2, 0.25) is 0 Å². The first-order chi connectivity index (χ1) is 11.4. The summed E-state index contributed by atoms with van der Waals surface area (Å²) < 4.78 is 46.4. The molecule has 3 atom stereocenters. The van der Waals surface area contributed by atoms with Crippen LogP contribution in [0, 0.1) is 17.3 Å². The predicted octanol–water partition coefficient (Wildman–Crippen LogP) is 5.39. The van der Waals surface area contributed by atoms with Crippen LogP contribution >= 0.6 is 0 Å². The monoisotopic (exact) mass is 356 g/mol. The van der Waals surface area contributed by atoms with Crippen molar-refractivity contribution < 1.29 is 27.8 Å². The van der Waals surface area contributed by atoms with Crippen LogP contribution in [0.4, 0.5) is 13.2 Å². The van der Waals surface area contributed by atoms with Crippen LogP contribution in [0.1, 0.15) is 62.4 Å². The number of hydrogen-bond donors (Lipinski definition) is 1. The number of rotatable bonds is 3. The Morgan fingerprint density at radius 3 is 2.36 bits per heavy atom. The second-order valence-electron chi connectivity index (χ2n) is 8.34. The third-order valence-electron chi connectivity index (χ3n) is 5.89. The van der Waals surface area contributed by atoms with Gasteiger partial charge >= 0.3 is 12.1 Å². The van der Waals surface area contributed by atoms with E-state index in [0.29, 0.717) is 5.92 Å². The van der Waals surface area contributed by atoms with E-state index in [0.717, 1.165) is 43.9 Å². The fraction of sp³-hybridized carbons (Fsp3) is 0.632. The maximum absolute atomic E-state index is 13.4. The van der Waals surface area contributed by atoms with Gasteiger partial charge in [-0.2, -0.15) is 13.2 Å². The fourth-order valence-electron chi connectivity index (χ4n) is 4.65. The SMILES string of the molecule is CC(C)(C)C1(Oc2cc(C(=O)O)ccc2C(F)(F)F)CC2CCC1C2. The Balaban J connectivity index is 2.08. The summed E-state index contributed by atoms with van der Waals surface area (Å²) in [4.78, 5) is 11.2. The van der Waals surface area contributed by atoms with Crippen LogP contribution in [-0.2, 0) is 6.18 Å². The Morgan fingerprint density at radius 1 is 1.24 bits per heavy atom. The summed E-state index contributed by atoms with van der Waals surface area (Å²) in [6, 6.07) is 2.80. The molecule has 2 saturated carbocycles. The number of halogens is 3. The number of benzene rings is 1. The highest BCUT2D eigenvalue weighted by Gasteiger charge is 2.59. The largest absolute Gasteiger partial charge is 0.486 e. The molecule has 0 saturated heterocycles. The number of carboxylic acid groups (broad SMARTS) is 1. The number of carbonyl (C=O) groups is 1. The van der Waals surface area contributed by atoms with E-state index in [-0.39, 0.29) is 22.6 Å². The number of fused-ring (bicyclic) bond motifs is 2. The molecule has 1 aromatic carbocycles. The quantitative estimate of drug-likeness (QED) is 0.790. The first-order valence-electron chi connectivity index (χ1n) is 8.57. The molecule has 25 heavy (non-hydrogen) atoms. The van der Waals surface area contributed by atoms with Gasteiger partial charge in [0.15, 0.2) is 0 Å². The maximum atomic E-state index is 13.4. The summed E-state index contributed by atoms with van der Waals surface area (Å²) in [5.41, 5.74) is -2.17. The van der Waals surface area contributed by atoms with Gasteiger partial charge in [-0.3, -0.25) is 0 Å². The molecule has 0 aromatic heterocycles. The zero-order valence-electron chi connectivity index (χ0n) is 14.6. The predicted molar refractivity (Wildman–Crippen MR) is 86.7 cm³/mol. The summed E-state index contributed by atoms with van der Waals surface area (Å²) in [6.07, 6.45) is -0.870. The lowest BCUT2D eigenvalue weighted by Gasteiger charge is -2.48. The van der Waals surface area contributed by atoms with Crippen molar-refractivity contribution in [1.29, 1.82) is 0 Å². The second kappa shape index (κ2) is 5.64. The second-order valence-corrected chi connectivity index (χ2v) is 8.34. The lowest BCUT2D eigenvalue weighted by molar-refractivity contribution is -0.143. The molecule has 0 radical (unpaired) electrons. The average molecular weight is 356 g/mol. The molecule has 0 spiro atoms. The van der Waals surface area contributed by atoms with E-state index in [4.69, 9.17) is 9.84 Å². The third kappa shape index (κ3) is 3.00. The minimum absolute atomic E-state index is 0.199. The Hall–Kier alpha value is -1.72. The van der Waals surface area contributed by atoms with Crippen molar-refractivity contribution in [3.63, 3.8) is 0 Å². The van der Waals surface area contributed by atoms with Gasteiger partial charge in [-0.1, -0.05) is 20.8 Å². The molecule has 2 aliphatic carbocycles. The topological polar surface area (TPSA) is 46.5 Å². The van der Waals surface area contributed by atoms with E-state index in [2.05, 4.69) is 0 Å². The van der Waals surface area contributed by atoms with Crippen molar-refractivity contribution in [3.05, 3.63) is 29.3 Å². The zero-order chi connectivity index (χ0) is 18.6. The molecular formula is C19H23F3O3. The van der Waals surface area contributed by atoms with Crippen molar-refractivity contribution in [2.24, 2.45) is 17.3 Å². The van der Waals surface area contributed by atoms with Gasteiger partial charge < -0.3 is 9.84 Å². The standard InChI is InChI=1S/C19H23F3O3/c1-17(2,3)18(10-11-4-6-13(18)8-11)25-15-9-12(16(23)24)5-7-14(15)19(20,21)22/h5,7,9,11,13H,4,6,8,10H2,1-3H3,(H,23,24). The summed E-state index contributed by atoms with van der Waals surface area (Å²) in [6.45, 7) is 5.96. The minimum atomic E-state index is -4.59. The highest BCUT2D eigenvalue weighted by Crippen LogP contribution is 2.59. The molecule has 138 valence electrons. The van der Waals surface area contributed by atoms with Crippen molar-refractivity contribution in [2.75, 3.05) is 0 Å². The Morgan fingerprint density at radius 2 is 1.92 bits per heavy atom. The van der Waals surface area contributed by atoms with E-state index >= 15 is 0 Å². The highest BCUT2D eigenvalue weighted by molar-refractivity contribution is 5.88. The lowest BCUT2D eigenvalue weighted by Crippen LogP contribution is -2.52. The van der Waals surface area contributed by atoms with Gasteiger partial charge in [-0.05, 0) is 55.7 Å². The minimum Gasteiger partial charge on any atom is -0.486 e. The third-order valence-corrected chi connectivity index (χ3v) is 5.89. The van der Waals surface area contributed by atoms with Gasteiger partial charge in [0.2, 0.25) is 0 Å².